The van der Waals surface area contributed by atoms with Gasteiger partial charge in [0.05, 0.1) is 72.5 Å². The Morgan fingerprint density at radius 3 is 0.926 bits per heavy atom. The fraction of sp³-hybridized carbons (Fsp3) is 0.905. The number of rotatable bonds is 2. The van der Waals surface area contributed by atoms with E-state index in [-0.39, 0.29) is 97.1 Å². The highest BCUT2D eigenvalue weighted by molar-refractivity contribution is 5.74. The molecule has 0 aromatic rings. The molecular formula is C42H68O12. The zero-order valence-corrected chi connectivity index (χ0v) is 34.0. The quantitative estimate of drug-likeness (QED) is 0.216. The van der Waals surface area contributed by atoms with Gasteiger partial charge in [0.25, 0.3) is 0 Å². The molecule has 12 nitrogen and oxygen atoms in total. The van der Waals surface area contributed by atoms with E-state index in [0.29, 0.717) is 38.5 Å². The molecule has 5 aliphatic rings. The van der Waals surface area contributed by atoms with Crippen molar-refractivity contribution in [1.29, 1.82) is 0 Å². The molecule has 0 unspecified atom stereocenters. The van der Waals surface area contributed by atoms with E-state index >= 15 is 0 Å². The summed E-state index contributed by atoms with van der Waals surface area (Å²) in [4.78, 5) is 53.0. The molecule has 0 amide bonds. The predicted octanol–water partition coefficient (Wildman–Crippen LogP) is 6.80. The van der Waals surface area contributed by atoms with E-state index in [2.05, 4.69) is 0 Å². The van der Waals surface area contributed by atoms with Crippen LogP contribution in [-0.2, 0) is 57.1 Å². The van der Waals surface area contributed by atoms with Gasteiger partial charge in [-0.1, -0.05) is 13.8 Å². The first-order valence-electron chi connectivity index (χ1n) is 21.2. The molecule has 0 radical (unpaired) electrons. The van der Waals surface area contributed by atoms with E-state index in [0.717, 1.165) is 51.4 Å². The van der Waals surface area contributed by atoms with Crippen molar-refractivity contribution in [3.63, 3.8) is 0 Å². The number of ether oxygens (including phenoxy) is 8. The van der Waals surface area contributed by atoms with Gasteiger partial charge in [-0.05, 0) is 106 Å². The van der Waals surface area contributed by atoms with Gasteiger partial charge in [-0.15, -0.1) is 0 Å². The van der Waals surface area contributed by atoms with Crippen LogP contribution in [0.3, 0.4) is 0 Å². The zero-order valence-electron chi connectivity index (χ0n) is 34.0. The van der Waals surface area contributed by atoms with Crippen LogP contribution in [0, 0.1) is 23.7 Å². The van der Waals surface area contributed by atoms with Gasteiger partial charge >= 0.3 is 23.9 Å². The Labute approximate surface area is 322 Å². The molecule has 5 saturated heterocycles. The summed E-state index contributed by atoms with van der Waals surface area (Å²) in [5.41, 5.74) is 0. The first-order valence-corrected chi connectivity index (χ1v) is 21.2. The summed E-state index contributed by atoms with van der Waals surface area (Å²) >= 11 is 0. The molecule has 54 heavy (non-hydrogen) atoms. The molecule has 5 aliphatic heterocycles. The Morgan fingerprint density at radius 2 is 0.648 bits per heavy atom. The first kappa shape index (κ1) is 42.9. The minimum atomic E-state index is -0.435. The molecule has 0 aliphatic carbocycles. The third-order valence-corrected chi connectivity index (χ3v) is 12.6. The van der Waals surface area contributed by atoms with E-state index in [1.54, 1.807) is 0 Å². The lowest BCUT2D eigenvalue weighted by Gasteiger charge is -2.26. The number of carbonyl (C=O) groups excluding carboxylic acids is 4. The molecule has 0 aromatic heterocycles. The van der Waals surface area contributed by atoms with Crippen molar-refractivity contribution >= 4 is 23.9 Å². The highest BCUT2D eigenvalue weighted by atomic mass is 16.6. The minimum Gasteiger partial charge on any atom is -0.462 e. The van der Waals surface area contributed by atoms with Crippen molar-refractivity contribution in [2.75, 3.05) is 0 Å². The lowest BCUT2D eigenvalue weighted by Crippen LogP contribution is -2.34. The second kappa shape index (κ2) is 19.7. The van der Waals surface area contributed by atoms with Gasteiger partial charge in [-0.25, -0.2) is 0 Å². The van der Waals surface area contributed by atoms with Crippen LogP contribution in [0.1, 0.15) is 145 Å². The molecule has 0 aromatic carbocycles. The monoisotopic (exact) mass is 764 g/mol. The van der Waals surface area contributed by atoms with Gasteiger partial charge in [0.1, 0.15) is 24.4 Å². The van der Waals surface area contributed by atoms with Crippen LogP contribution in [0.2, 0.25) is 0 Å². The largest absolute Gasteiger partial charge is 0.462 e. The van der Waals surface area contributed by atoms with Crippen LogP contribution >= 0.6 is 0 Å². The van der Waals surface area contributed by atoms with Crippen LogP contribution in [0.15, 0.2) is 0 Å². The second-order valence-electron chi connectivity index (χ2n) is 17.0. The predicted molar refractivity (Wildman–Crippen MR) is 198 cm³/mol. The van der Waals surface area contributed by atoms with E-state index in [1.807, 2.05) is 55.4 Å². The van der Waals surface area contributed by atoms with Crippen LogP contribution < -0.4 is 0 Å². The van der Waals surface area contributed by atoms with Crippen molar-refractivity contribution in [3.05, 3.63) is 0 Å². The van der Waals surface area contributed by atoms with Crippen molar-refractivity contribution in [1.82, 2.24) is 0 Å². The fourth-order valence-electron chi connectivity index (χ4n) is 8.88. The molecule has 0 spiro atoms. The smallest absolute Gasteiger partial charge is 0.311 e. The van der Waals surface area contributed by atoms with E-state index < -0.39 is 23.7 Å². The molecule has 0 N–H and O–H groups in total. The average Bonchev–Trinajstić information content (AvgIpc) is 3.98. The molecule has 5 fully saturated rings. The van der Waals surface area contributed by atoms with E-state index in [4.69, 9.17) is 37.9 Å². The first-order chi connectivity index (χ1) is 25.7. The van der Waals surface area contributed by atoms with Crippen LogP contribution in [0.25, 0.3) is 0 Å². The number of cyclic esters (lactones) is 4. The van der Waals surface area contributed by atoms with Crippen molar-refractivity contribution in [3.8, 4) is 0 Å². The van der Waals surface area contributed by atoms with E-state index in [1.165, 1.54) is 0 Å². The highest BCUT2D eigenvalue weighted by Crippen LogP contribution is 2.35. The third-order valence-electron chi connectivity index (χ3n) is 12.6. The van der Waals surface area contributed by atoms with Gasteiger partial charge in [0, 0.05) is 25.7 Å². The molecule has 0 saturated carbocycles. The molecule has 5 rings (SSSR count). The number of esters is 4. The number of hydrogen-bond acceptors (Lipinski definition) is 12. The van der Waals surface area contributed by atoms with Gasteiger partial charge in [0.2, 0.25) is 0 Å². The topological polar surface area (TPSA) is 142 Å². The summed E-state index contributed by atoms with van der Waals surface area (Å²) in [5, 5.41) is 0. The van der Waals surface area contributed by atoms with E-state index in [9.17, 15) is 19.2 Å². The summed E-state index contributed by atoms with van der Waals surface area (Å²) in [7, 11) is 0. The number of carbonyl (C=O) groups is 4. The maximum Gasteiger partial charge on any atom is 0.311 e. The standard InChI is InChI=1S/C42H68O12/c1-9-29-21-33-13-17-35(51-33)25(5)39(43)47-24(4)20-32-12-16-38(50-32)28(8)42(46)54-30(10-2)22-34-14-18-36(52-34)26(6)40(44)48-23(3)19-31-11-15-37(49-31)27(7)41(45)53-29/h23-38H,9-22H2,1-8H3/t23-,24-,25+,26+,27+,28+,29+,30+,31+,32+,33-,34-,35+,36+,37-,38-/m1/s1. The lowest BCUT2D eigenvalue weighted by molar-refractivity contribution is -0.162. The summed E-state index contributed by atoms with van der Waals surface area (Å²) in [6.07, 6.45) is 6.72. The Morgan fingerprint density at radius 1 is 0.389 bits per heavy atom. The third kappa shape index (κ3) is 11.4. The summed E-state index contributed by atoms with van der Waals surface area (Å²) in [6.45, 7) is 15.2. The van der Waals surface area contributed by atoms with Crippen molar-refractivity contribution in [2.24, 2.45) is 23.7 Å². The SMILES string of the molecule is CC[C@H]1C[C@H]2CC[C@H](O2)[C@H](C)C(=O)O[C@H](C)C[C@@H]2CC[C@@H](O2)[C@H](C)C(=O)O[C@@H](CC)C[C@H]2CC[C@H](O2)[C@H](C)C(=O)O[C@H](C)C[C@@H]2CC[C@@H](O2)[C@H](C)C(=O)O1. The van der Waals surface area contributed by atoms with Crippen molar-refractivity contribution in [2.45, 2.75) is 219 Å². The Balaban J connectivity index is 1.22. The average molecular weight is 765 g/mol. The minimum absolute atomic E-state index is 0.115. The second-order valence-corrected chi connectivity index (χ2v) is 17.0. The normalized spacial score (nSPS) is 44.0. The molecule has 16 atom stereocenters. The molecular weight excluding hydrogens is 696 g/mol. The van der Waals surface area contributed by atoms with Gasteiger partial charge < -0.3 is 37.9 Å². The van der Waals surface area contributed by atoms with Crippen LogP contribution in [0.4, 0.5) is 0 Å². The molecule has 308 valence electrons. The van der Waals surface area contributed by atoms with Crippen molar-refractivity contribution < 1.29 is 57.1 Å². The Hall–Kier alpha value is -2.28. The Kier molecular flexibility index (Phi) is 15.7. The fourth-order valence-corrected chi connectivity index (χ4v) is 8.88. The summed E-state index contributed by atoms with van der Waals surface area (Å²) in [6, 6.07) is 0. The van der Waals surface area contributed by atoms with Gasteiger partial charge in [0.15, 0.2) is 0 Å². The summed E-state index contributed by atoms with van der Waals surface area (Å²) < 4.78 is 49.0. The number of fused-ring (bicyclic) bond motifs is 8. The maximum absolute atomic E-state index is 13.3. The Bertz CT molecular complexity index is 1160. The van der Waals surface area contributed by atoms with Crippen LogP contribution in [-0.4, -0.2) is 97.1 Å². The highest BCUT2D eigenvalue weighted by Gasteiger charge is 2.41. The maximum atomic E-state index is 13.3. The molecule has 8 bridgehead atoms. The number of hydrogen-bond donors (Lipinski definition) is 0. The van der Waals surface area contributed by atoms with Crippen LogP contribution in [0.5, 0.6) is 0 Å². The van der Waals surface area contributed by atoms with Gasteiger partial charge in [-0.3, -0.25) is 19.2 Å². The van der Waals surface area contributed by atoms with Gasteiger partial charge in [-0.2, -0.15) is 0 Å². The summed E-state index contributed by atoms with van der Waals surface area (Å²) in [5.74, 6) is -2.88. The lowest BCUT2D eigenvalue weighted by atomic mass is 9.99. The molecule has 12 heteroatoms. The zero-order chi connectivity index (χ0) is 39.1. The molecule has 5 heterocycles.